The number of amides is 1. The molecule has 0 atom stereocenters. The van der Waals surface area contributed by atoms with Crippen molar-refractivity contribution in [1.82, 2.24) is 4.57 Å². The van der Waals surface area contributed by atoms with Gasteiger partial charge in [-0.25, -0.2) is 8.42 Å². The van der Waals surface area contributed by atoms with Gasteiger partial charge in [-0.05, 0) is 38.0 Å². The number of carbonyl (C=O) groups is 1. The second-order valence-electron chi connectivity index (χ2n) is 6.85. The van der Waals surface area contributed by atoms with Crippen LogP contribution in [0.15, 0.2) is 53.5 Å². The standard InChI is InChI=1S/C22H26N2O4S2/c1-3-24-21-18(28-4-2)12-8-13-19(21)29-22(24)23-20(25)14-9-15-30(26,27)16-17-10-6-5-7-11-17/h5-8,10-13H,3-4,9,14-16H2,1-2H3. The van der Waals surface area contributed by atoms with Gasteiger partial charge in [-0.2, -0.15) is 4.99 Å². The largest absolute Gasteiger partial charge is 0.492 e. The molecule has 30 heavy (non-hydrogen) atoms. The maximum atomic E-state index is 12.4. The fourth-order valence-electron chi connectivity index (χ4n) is 3.25. The third kappa shape index (κ3) is 5.58. The first kappa shape index (κ1) is 22.2. The van der Waals surface area contributed by atoms with Crippen LogP contribution in [0.4, 0.5) is 0 Å². The molecule has 6 nitrogen and oxygen atoms in total. The third-order valence-electron chi connectivity index (χ3n) is 4.58. The molecule has 0 saturated heterocycles. The van der Waals surface area contributed by atoms with Crippen molar-refractivity contribution in [3.63, 3.8) is 0 Å². The van der Waals surface area contributed by atoms with Crippen molar-refractivity contribution in [1.29, 1.82) is 0 Å². The second-order valence-corrected chi connectivity index (χ2v) is 10.0. The number of para-hydroxylation sites is 1. The van der Waals surface area contributed by atoms with Gasteiger partial charge in [0, 0.05) is 13.0 Å². The molecule has 1 amide bonds. The number of nitrogens with zero attached hydrogens (tertiary/aromatic N) is 2. The second kappa shape index (κ2) is 10.0. The summed E-state index contributed by atoms with van der Waals surface area (Å²) in [5.74, 6) is 0.425. The summed E-state index contributed by atoms with van der Waals surface area (Å²) in [4.78, 5) is 17.3. The van der Waals surface area contributed by atoms with E-state index in [0.29, 0.717) is 18.0 Å². The first-order chi connectivity index (χ1) is 14.4. The molecule has 0 bridgehead atoms. The van der Waals surface area contributed by atoms with E-state index >= 15 is 0 Å². The molecule has 160 valence electrons. The summed E-state index contributed by atoms with van der Waals surface area (Å²) >= 11 is 1.43. The Hall–Kier alpha value is -2.45. The van der Waals surface area contributed by atoms with Gasteiger partial charge in [-0.1, -0.05) is 47.7 Å². The number of ether oxygens (including phenoxy) is 1. The molecule has 3 aromatic rings. The van der Waals surface area contributed by atoms with Crippen molar-refractivity contribution in [3.05, 3.63) is 58.9 Å². The minimum atomic E-state index is -3.26. The zero-order chi connectivity index (χ0) is 21.6. The fourth-order valence-corrected chi connectivity index (χ4v) is 5.81. The number of aromatic nitrogens is 1. The number of fused-ring (bicyclic) bond motifs is 1. The van der Waals surface area contributed by atoms with Gasteiger partial charge >= 0.3 is 0 Å². The van der Waals surface area contributed by atoms with Crippen molar-refractivity contribution >= 4 is 37.3 Å². The lowest BCUT2D eigenvalue weighted by molar-refractivity contribution is -0.118. The van der Waals surface area contributed by atoms with E-state index in [9.17, 15) is 13.2 Å². The van der Waals surface area contributed by atoms with E-state index in [4.69, 9.17) is 4.74 Å². The molecule has 1 heterocycles. The van der Waals surface area contributed by atoms with Crippen LogP contribution in [0.2, 0.25) is 0 Å². The van der Waals surface area contributed by atoms with Crippen molar-refractivity contribution < 1.29 is 17.9 Å². The Morgan fingerprint density at radius 1 is 1.10 bits per heavy atom. The number of thiazole rings is 1. The van der Waals surface area contributed by atoms with Gasteiger partial charge in [0.15, 0.2) is 14.6 Å². The van der Waals surface area contributed by atoms with Gasteiger partial charge in [0.1, 0.15) is 11.3 Å². The number of sulfone groups is 1. The normalized spacial score (nSPS) is 12.4. The molecule has 0 saturated carbocycles. The topological polar surface area (TPSA) is 77.7 Å². The van der Waals surface area contributed by atoms with Gasteiger partial charge in [-0.15, -0.1) is 0 Å². The van der Waals surface area contributed by atoms with Crippen LogP contribution >= 0.6 is 11.3 Å². The highest BCUT2D eigenvalue weighted by Gasteiger charge is 2.14. The first-order valence-corrected chi connectivity index (χ1v) is 12.6. The molecular weight excluding hydrogens is 420 g/mol. The van der Waals surface area contributed by atoms with E-state index in [1.54, 1.807) is 12.1 Å². The summed E-state index contributed by atoms with van der Waals surface area (Å²) in [6.45, 7) is 5.14. The Labute approximate surface area is 180 Å². The van der Waals surface area contributed by atoms with Crippen molar-refractivity contribution in [2.75, 3.05) is 12.4 Å². The Balaban J connectivity index is 1.71. The number of hydrogen-bond acceptors (Lipinski definition) is 5. The summed E-state index contributed by atoms with van der Waals surface area (Å²) in [6.07, 6.45) is 0.364. The van der Waals surface area contributed by atoms with Gasteiger partial charge in [0.05, 0.1) is 22.8 Å². The summed E-state index contributed by atoms with van der Waals surface area (Å²) in [5.41, 5.74) is 1.69. The van der Waals surface area contributed by atoms with Gasteiger partial charge in [-0.3, -0.25) is 4.79 Å². The molecule has 0 N–H and O–H groups in total. The predicted molar refractivity (Wildman–Crippen MR) is 120 cm³/mol. The fraction of sp³-hybridized carbons (Fsp3) is 0.364. The molecular formula is C22H26N2O4S2. The van der Waals surface area contributed by atoms with Crippen LogP contribution in [0.1, 0.15) is 32.3 Å². The molecule has 0 spiro atoms. The Morgan fingerprint density at radius 2 is 1.87 bits per heavy atom. The highest BCUT2D eigenvalue weighted by molar-refractivity contribution is 7.90. The van der Waals surface area contributed by atoms with Crippen LogP contribution < -0.4 is 9.54 Å². The SMILES string of the molecule is CCOc1cccc2sc(=NC(=O)CCCS(=O)(=O)Cc3ccccc3)n(CC)c12. The van der Waals surface area contributed by atoms with Crippen molar-refractivity contribution in [2.24, 2.45) is 4.99 Å². The van der Waals surface area contributed by atoms with Crippen LogP contribution in [0, 0.1) is 0 Å². The summed E-state index contributed by atoms with van der Waals surface area (Å²) in [7, 11) is -3.26. The van der Waals surface area contributed by atoms with Crippen LogP contribution in [0.25, 0.3) is 10.2 Å². The lowest BCUT2D eigenvalue weighted by atomic mass is 10.2. The van der Waals surface area contributed by atoms with Crippen LogP contribution in [0.5, 0.6) is 5.75 Å². The van der Waals surface area contributed by atoms with Crippen LogP contribution in [-0.4, -0.2) is 31.3 Å². The maximum absolute atomic E-state index is 12.4. The van der Waals surface area contributed by atoms with E-state index in [2.05, 4.69) is 4.99 Å². The number of hydrogen-bond donors (Lipinski definition) is 0. The minimum Gasteiger partial charge on any atom is -0.492 e. The minimum absolute atomic E-state index is 0.00841. The van der Waals surface area contributed by atoms with Crippen molar-refractivity contribution in [3.8, 4) is 5.75 Å². The van der Waals surface area contributed by atoms with E-state index in [1.807, 2.05) is 54.8 Å². The van der Waals surface area contributed by atoms with Gasteiger partial charge < -0.3 is 9.30 Å². The summed E-state index contributed by atoms with van der Waals surface area (Å²) in [6, 6.07) is 14.9. The Kier molecular flexibility index (Phi) is 7.44. The molecule has 0 radical (unpaired) electrons. The first-order valence-electron chi connectivity index (χ1n) is 10.0. The zero-order valence-corrected chi connectivity index (χ0v) is 18.8. The molecule has 0 aliphatic rings. The van der Waals surface area contributed by atoms with E-state index in [0.717, 1.165) is 21.5 Å². The molecule has 0 aliphatic carbocycles. The quantitative estimate of drug-likeness (QED) is 0.499. The molecule has 0 fully saturated rings. The van der Waals surface area contributed by atoms with Gasteiger partial charge in [0.25, 0.3) is 0 Å². The number of benzene rings is 2. The van der Waals surface area contributed by atoms with E-state index in [1.165, 1.54) is 11.3 Å². The molecule has 8 heteroatoms. The maximum Gasteiger partial charge on any atom is 0.248 e. The number of carbonyl (C=O) groups excluding carboxylic acids is 1. The zero-order valence-electron chi connectivity index (χ0n) is 17.2. The van der Waals surface area contributed by atoms with Crippen LogP contribution in [0.3, 0.4) is 0 Å². The highest BCUT2D eigenvalue weighted by Crippen LogP contribution is 2.27. The molecule has 0 aliphatic heterocycles. The predicted octanol–water partition coefficient (Wildman–Crippen LogP) is 3.94. The molecule has 0 unspecified atom stereocenters. The highest BCUT2D eigenvalue weighted by atomic mass is 32.2. The monoisotopic (exact) mass is 446 g/mol. The summed E-state index contributed by atoms with van der Waals surface area (Å²) < 4.78 is 33.3. The smallest absolute Gasteiger partial charge is 0.248 e. The lowest BCUT2D eigenvalue weighted by Crippen LogP contribution is -2.17. The number of aryl methyl sites for hydroxylation is 1. The Bertz CT molecular complexity index is 1180. The Morgan fingerprint density at radius 3 is 2.57 bits per heavy atom. The summed E-state index contributed by atoms with van der Waals surface area (Å²) in [5, 5.41) is 0. The molecule has 3 rings (SSSR count). The average molecular weight is 447 g/mol. The van der Waals surface area contributed by atoms with Crippen molar-refractivity contribution in [2.45, 2.75) is 39.0 Å². The van der Waals surface area contributed by atoms with E-state index in [-0.39, 0.29) is 30.3 Å². The molecule has 2 aromatic carbocycles. The van der Waals surface area contributed by atoms with E-state index < -0.39 is 9.84 Å². The average Bonchev–Trinajstić information content (AvgIpc) is 3.06. The lowest BCUT2D eigenvalue weighted by Gasteiger charge is -2.07. The number of rotatable bonds is 9. The van der Waals surface area contributed by atoms with Gasteiger partial charge in [0.2, 0.25) is 5.91 Å². The third-order valence-corrected chi connectivity index (χ3v) is 7.30. The molecule has 1 aromatic heterocycles. The van der Waals surface area contributed by atoms with Crippen LogP contribution in [-0.2, 0) is 26.9 Å².